The molecular formula is C14H8F4O2. The standard InChI is InChI=1S/C14H8F4O2/c15-10-6-5-8(7-11(10)16)13(19)9-3-1-2-4-12(9)20-14(17)18/h1-7,14H. The monoisotopic (exact) mass is 284 g/mol. The van der Waals surface area contributed by atoms with Crippen molar-refractivity contribution in [3.05, 3.63) is 65.2 Å². The van der Waals surface area contributed by atoms with Gasteiger partial charge in [-0.25, -0.2) is 8.78 Å². The van der Waals surface area contributed by atoms with E-state index >= 15 is 0 Å². The molecule has 0 amide bonds. The van der Waals surface area contributed by atoms with Crippen molar-refractivity contribution in [1.29, 1.82) is 0 Å². The summed E-state index contributed by atoms with van der Waals surface area (Å²) in [4.78, 5) is 12.1. The Bertz CT molecular complexity index is 641. The zero-order valence-electron chi connectivity index (χ0n) is 9.95. The predicted molar refractivity (Wildman–Crippen MR) is 62.9 cm³/mol. The lowest BCUT2D eigenvalue weighted by Crippen LogP contribution is -2.09. The molecule has 6 heteroatoms. The van der Waals surface area contributed by atoms with E-state index in [1.54, 1.807) is 0 Å². The molecule has 0 aliphatic heterocycles. The summed E-state index contributed by atoms with van der Waals surface area (Å²) in [6.45, 7) is -3.09. The molecule has 0 N–H and O–H groups in total. The number of rotatable bonds is 4. The molecule has 2 aromatic rings. The van der Waals surface area contributed by atoms with E-state index in [2.05, 4.69) is 4.74 Å². The van der Waals surface area contributed by atoms with Gasteiger partial charge in [0.15, 0.2) is 17.4 Å². The fourth-order valence-electron chi connectivity index (χ4n) is 1.65. The van der Waals surface area contributed by atoms with Gasteiger partial charge in [0.1, 0.15) is 5.75 Å². The summed E-state index contributed by atoms with van der Waals surface area (Å²) in [6.07, 6.45) is 0. The molecule has 0 aliphatic carbocycles. The first-order valence-electron chi connectivity index (χ1n) is 5.52. The first-order valence-corrected chi connectivity index (χ1v) is 5.52. The highest BCUT2D eigenvalue weighted by molar-refractivity contribution is 6.10. The summed E-state index contributed by atoms with van der Waals surface area (Å²) in [5.41, 5.74) is -0.312. The van der Waals surface area contributed by atoms with Crippen LogP contribution in [-0.2, 0) is 0 Å². The summed E-state index contributed by atoms with van der Waals surface area (Å²) >= 11 is 0. The highest BCUT2D eigenvalue weighted by atomic mass is 19.3. The van der Waals surface area contributed by atoms with Gasteiger partial charge in [-0.2, -0.15) is 8.78 Å². The quantitative estimate of drug-likeness (QED) is 0.630. The second kappa shape index (κ2) is 5.73. The number of ether oxygens (including phenoxy) is 1. The molecule has 0 bridgehead atoms. The molecule has 0 unspecified atom stereocenters. The third-order valence-electron chi connectivity index (χ3n) is 2.53. The van der Waals surface area contributed by atoms with Crippen LogP contribution >= 0.6 is 0 Å². The number of benzene rings is 2. The number of para-hydroxylation sites is 1. The zero-order chi connectivity index (χ0) is 14.7. The molecule has 0 aromatic heterocycles. The Morgan fingerprint density at radius 3 is 2.35 bits per heavy atom. The first kappa shape index (κ1) is 14.0. The van der Waals surface area contributed by atoms with Crippen LogP contribution in [0.1, 0.15) is 15.9 Å². The van der Waals surface area contributed by atoms with E-state index in [0.717, 1.165) is 12.1 Å². The third kappa shape index (κ3) is 2.96. The fourth-order valence-corrected chi connectivity index (χ4v) is 1.65. The third-order valence-corrected chi connectivity index (χ3v) is 2.53. The minimum absolute atomic E-state index is 0.154. The molecule has 0 heterocycles. The van der Waals surface area contributed by atoms with Crippen molar-refractivity contribution in [3.8, 4) is 5.75 Å². The van der Waals surface area contributed by atoms with Gasteiger partial charge >= 0.3 is 6.61 Å². The molecule has 2 nitrogen and oxygen atoms in total. The molecule has 2 rings (SSSR count). The van der Waals surface area contributed by atoms with Crippen LogP contribution in [0.25, 0.3) is 0 Å². The molecule has 0 spiro atoms. The maximum Gasteiger partial charge on any atom is 0.387 e. The minimum atomic E-state index is -3.09. The zero-order valence-corrected chi connectivity index (χ0v) is 9.95. The van der Waals surface area contributed by atoms with E-state index in [9.17, 15) is 22.4 Å². The Labute approximate surface area is 111 Å². The SMILES string of the molecule is O=C(c1ccc(F)c(F)c1)c1ccccc1OC(F)F. The van der Waals surface area contributed by atoms with Gasteiger partial charge in [0.05, 0.1) is 5.56 Å². The highest BCUT2D eigenvalue weighted by Gasteiger charge is 2.18. The van der Waals surface area contributed by atoms with Gasteiger partial charge in [0, 0.05) is 5.56 Å². The summed E-state index contributed by atoms with van der Waals surface area (Å²) in [5, 5.41) is 0. The van der Waals surface area contributed by atoms with Crippen molar-refractivity contribution in [2.75, 3.05) is 0 Å². The van der Waals surface area contributed by atoms with Gasteiger partial charge in [-0.15, -0.1) is 0 Å². The Kier molecular flexibility index (Phi) is 4.02. The average molecular weight is 284 g/mol. The van der Waals surface area contributed by atoms with Crippen LogP contribution in [0.15, 0.2) is 42.5 Å². The maximum absolute atomic E-state index is 13.1. The van der Waals surface area contributed by atoms with Crippen LogP contribution in [0, 0.1) is 11.6 Å². The molecule has 0 atom stereocenters. The number of hydrogen-bond donors (Lipinski definition) is 0. The maximum atomic E-state index is 13.1. The van der Waals surface area contributed by atoms with E-state index in [0.29, 0.717) is 6.07 Å². The molecule has 0 fully saturated rings. The summed E-state index contributed by atoms with van der Waals surface area (Å²) < 4.78 is 54.6. The lowest BCUT2D eigenvalue weighted by molar-refractivity contribution is -0.0501. The van der Waals surface area contributed by atoms with E-state index in [-0.39, 0.29) is 16.9 Å². The number of halogens is 4. The lowest BCUT2D eigenvalue weighted by atomic mass is 10.0. The topological polar surface area (TPSA) is 26.3 Å². The van der Waals surface area contributed by atoms with Crippen LogP contribution in [0.2, 0.25) is 0 Å². The van der Waals surface area contributed by atoms with Crippen molar-refractivity contribution in [3.63, 3.8) is 0 Å². The normalized spacial score (nSPS) is 10.7. The summed E-state index contributed by atoms with van der Waals surface area (Å²) in [6, 6.07) is 7.89. The molecular weight excluding hydrogens is 276 g/mol. The largest absolute Gasteiger partial charge is 0.434 e. The number of hydrogen-bond acceptors (Lipinski definition) is 2. The van der Waals surface area contributed by atoms with E-state index in [4.69, 9.17) is 0 Å². The molecule has 0 saturated heterocycles. The van der Waals surface area contributed by atoms with Gasteiger partial charge < -0.3 is 4.74 Å². The van der Waals surface area contributed by atoms with Gasteiger partial charge in [-0.05, 0) is 30.3 Å². The van der Waals surface area contributed by atoms with Crippen LogP contribution in [0.3, 0.4) is 0 Å². The van der Waals surface area contributed by atoms with Gasteiger partial charge in [0.25, 0.3) is 0 Å². The average Bonchev–Trinajstić information content (AvgIpc) is 2.41. The van der Waals surface area contributed by atoms with Crippen molar-refractivity contribution in [2.45, 2.75) is 6.61 Å². The van der Waals surface area contributed by atoms with Crippen molar-refractivity contribution in [2.24, 2.45) is 0 Å². The summed E-state index contributed by atoms with van der Waals surface area (Å²) in [7, 11) is 0. The van der Waals surface area contributed by atoms with Crippen molar-refractivity contribution in [1.82, 2.24) is 0 Å². The Morgan fingerprint density at radius 2 is 1.70 bits per heavy atom. The molecule has 104 valence electrons. The van der Waals surface area contributed by atoms with E-state index < -0.39 is 24.0 Å². The highest BCUT2D eigenvalue weighted by Crippen LogP contribution is 2.23. The minimum Gasteiger partial charge on any atom is -0.434 e. The van der Waals surface area contributed by atoms with Crippen LogP contribution in [0.4, 0.5) is 17.6 Å². The van der Waals surface area contributed by atoms with Crippen LogP contribution in [-0.4, -0.2) is 12.4 Å². The Hall–Kier alpha value is -2.37. The number of carbonyl (C=O) groups excluding carboxylic acids is 1. The summed E-state index contributed by atoms with van der Waals surface area (Å²) in [5.74, 6) is -3.35. The second-order valence-corrected chi connectivity index (χ2v) is 3.83. The van der Waals surface area contributed by atoms with Crippen molar-refractivity contribution >= 4 is 5.78 Å². The Balaban J connectivity index is 2.40. The molecule has 0 aliphatic rings. The fraction of sp³-hybridized carbons (Fsp3) is 0.0714. The lowest BCUT2D eigenvalue weighted by Gasteiger charge is -2.09. The molecule has 0 saturated carbocycles. The predicted octanol–water partition coefficient (Wildman–Crippen LogP) is 3.80. The van der Waals surface area contributed by atoms with Crippen LogP contribution < -0.4 is 4.74 Å². The second-order valence-electron chi connectivity index (χ2n) is 3.83. The van der Waals surface area contributed by atoms with Crippen molar-refractivity contribution < 1.29 is 27.1 Å². The number of carbonyl (C=O) groups is 1. The van der Waals surface area contributed by atoms with Gasteiger partial charge in [-0.1, -0.05) is 12.1 Å². The van der Waals surface area contributed by atoms with Gasteiger partial charge in [0.2, 0.25) is 0 Å². The smallest absolute Gasteiger partial charge is 0.387 e. The van der Waals surface area contributed by atoms with Crippen LogP contribution in [0.5, 0.6) is 5.75 Å². The Morgan fingerprint density at radius 1 is 1.00 bits per heavy atom. The number of alkyl halides is 2. The van der Waals surface area contributed by atoms with Gasteiger partial charge in [-0.3, -0.25) is 4.79 Å². The number of ketones is 1. The first-order chi connectivity index (χ1) is 9.49. The van der Waals surface area contributed by atoms with E-state index in [1.165, 1.54) is 24.3 Å². The van der Waals surface area contributed by atoms with E-state index in [1.807, 2.05) is 0 Å². The molecule has 0 radical (unpaired) electrons. The molecule has 20 heavy (non-hydrogen) atoms. The molecule has 2 aromatic carbocycles.